The maximum absolute atomic E-state index is 13.2. The van der Waals surface area contributed by atoms with Gasteiger partial charge in [-0.25, -0.2) is 4.39 Å². The minimum atomic E-state index is -0.210. The number of aromatic nitrogens is 1. The number of benzene rings is 2. The lowest BCUT2D eigenvalue weighted by atomic mass is 9.75. The molecule has 2 heterocycles. The molecular formula is C23H25FN2. The number of allylic oxidation sites excluding steroid dienone is 1. The maximum atomic E-state index is 13.2. The summed E-state index contributed by atoms with van der Waals surface area (Å²) in [5.41, 5.74) is 7.20. The highest BCUT2D eigenvalue weighted by molar-refractivity contribution is 5.86. The molecule has 1 N–H and O–H groups in total. The van der Waals surface area contributed by atoms with E-state index in [0.29, 0.717) is 0 Å². The number of aromatic amines is 1. The molecule has 1 atom stereocenters. The highest BCUT2D eigenvalue weighted by Gasteiger charge is 2.37. The number of likely N-dealkylation sites (N-methyl/N-ethyl adjacent to an activating group) is 1. The molecule has 1 aliphatic heterocycles. The van der Waals surface area contributed by atoms with Crippen molar-refractivity contribution in [2.24, 2.45) is 0 Å². The zero-order valence-corrected chi connectivity index (χ0v) is 15.7. The monoisotopic (exact) mass is 348 g/mol. The molecule has 0 spiro atoms. The van der Waals surface area contributed by atoms with Crippen LogP contribution in [0, 0.1) is 12.7 Å². The number of H-pyrrole nitrogens is 1. The first-order valence-corrected chi connectivity index (χ1v) is 9.10. The molecule has 0 fully saturated rings. The molecule has 0 amide bonds. The van der Waals surface area contributed by atoms with Crippen molar-refractivity contribution in [3.63, 3.8) is 0 Å². The minimum absolute atomic E-state index is 0.0548. The first-order chi connectivity index (χ1) is 12.4. The predicted molar refractivity (Wildman–Crippen MR) is 107 cm³/mol. The van der Waals surface area contributed by atoms with Gasteiger partial charge in [-0.3, -0.25) is 0 Å². The van der Waals surface area contributed by atoms with Gasteiger partial charge >= 0.3 is 0 Å². The Morgan fingerprint density at radius 2 is 1.96 bits per heavy atom. The van der Waals surface area contributed by atoms with E-state index in [0.717, 1.165) is 30.6 Å². The summed E-state index contributed by atoms with van der Waals surface area (Å²) in [5, 5.41) is 1.32. The number of hydrogen-bond donors (Lipinski definition) is 1. The Kier molecular flexibility index (Phi) is 4.00. The number of nitrogens with one attached hydrogen (secondary N) is 1. The van der Waals surface area contributed by atoms with Gasteiger partial charge in [0.2, 0.25) is 0 Å². The summed E-state index contributed by atoms with van der Waals surface area (Å²) in [6, 6.07) is 13.3. The molecule has 0 aliphatic carbocycles. The lowest BCUT2D eigenvalue weighted by molar-refractivity contribution is 0.223. The Morgan fingerprint density at radius 1 is 1.23 bits per heavy atom. The van der Waals surface area contributed by atoms with Crippen molar-refractivity contribution in [2.45, 2.75) is 32.2 Å². The number of nitrogens with zero attached hydrogens (tertiary/aromatic N) is 1. The van der Waals surface area contributed by atoms with Crippen LogP contribution < -0.4 is 0 Å². The lowest BCUT2D eigenvalue weighted by Gasteiger charge is -2.39. The van der Waals surface area contributed by atoms with Crippen molar-refractivity contribution in [1.82, 2.24) is 9.88 Å². The molecule has 3 aromatic rings. The van der Waals surface area contributed by atoms with E-state index in [1.54, 1.807) is 0 Å². The summed E-state index contributed by atoms with van der Waals surface area (Å²) in [7, 11) is 2.18. The van der Waals surface area contributed by atoms with Crippen LogP contribution in [0.4, 0.5) is 4.39 Å². The van der Waals surface area contributed by atoms with Crippen molar-refractivity contribution in [1.29, 1.82) is 0 Å². The average Bonchev–Trinajstić information content (AvgIpc) is 2.94. The summed E-state index contributed by atoms with van der Waals surface area (Å²) >= 11 is 0. The van der Waals surface area contributed by atoms with E-state index >= 15 is 0 Å². The fourth-order valence-corrected chi connectivity index (χ4v) is 4.44. The SMILES string of the molecule is C=C(CC1(C)CN(C)Cc2c1[nH]c1ccc(C)cc21)c1ccc(F)cc1. The summed E-state index contributed by atoms with van der Waals surface area (Å²) in [5.74, 6) is -0.210. The fourth-order valence-electron chi connectivity index (χ4n) is 4.44. The van der Waals surface area contributed by atoms with Crippen molar-refractivity contribution in [3.8, 4) is 0 Å². The quantitative estimate of drug-likeness (QED) is 0.669. The van der Waals surface area contributed by atoms with Gasteiger partial charge in [0.25, 0.3) is 0 Å². The molecule has 0 bridgehead atoms. The third-order valence-corrected chi connectivity index (χ3v) is 5.57. The van der Waals surface area contributed by atoms with E-state index < -0.39 is 0 Å². The Morgan fingerprint density at radius 3 is 2.69 bits per heavy atom. The molecule has 3 heteroatoms. The Hall–Kier alpha value is -2.39. The molecule has 1 aliphatic rings. The van der Waals surface area contributed by atoms with Crippen LogP contribution in [0.2, 0.25) is 0 Å². The van der Waals surface area contributed by atoms with Crippen LogP contribution in [0.1, 0.15) is 35.7 Å². The largest absolute Gasteiger partial charge is 0.358 e. The van der Waals surface area contributed by atoms with Crippen LogP contribution in [-0.4, -0.2) is 23.5 Å². The topological polar surface area (TPSA) is 19.0 Å². The first-order valence-electron chi connectivity index (χ1n) is 9.10. The second-order valence-corrected chi connectivity index (χ2v) is 8.05. The van der Waals surface area contributed by atoms with Crippen LogP contribution in [0.3, 0.4) is 0 Å². The Bertz CT molecular complexity index is 983. The van der Waals surface area contributed by atoms with Gasteiger partial charge in [-0.05, 0) is 61.4 Å². The third kappa shape index (κ3) is 2.86. The number of fused-ring (bicyclic) bond motifs is 3. The van der Waals surface area contributed by atoms with Crippen molar-refractivity contribution >= 4 is 16.5 Å². The molecule has 26 heavy (non-hydrogen) atoms. The maximum Gasteiger partial charge on any atom is 0.123 e. The summed E-state index contributed by atoms with van der Waals surface area (Å²) in [4.78, 5) is 6.08. The molecule has 2 aromatic carbocycles. The minimum Gasteiger partial charge on any atom is -0.358 e. The van der Waals surface area contributed by atoms with Crippen LogP contribution in [0.5, 0.6) is 0 Å². The Balaban J connectivity index is 1.75. The second kappa shape index (κ2) is 6.10. The molecule has 0 saturated carbocycles. The molecule has 0 saturated heterocycles. The number of aryl methyl sites for hydroxylation is 1. The predicted octanol–water partition coefficient (Wildman–Crippen LogP) is 5.42. The van der Waals surface area contributed by atoms with Gasteiger partial charge in [0.05, 0.1) is 0 Å². The van der Waals surface area contributed by atoms with E-state index in [4.69, 9.17) is 0 Å². The van der Waals surface area contributed by atoms with Gasteiger partial charge in [-0.2, -0.15) is 0 Å². The summed E-state index contributed by atoms with van der Waals surface area (Å²) < 4.78 is 13.2. The van der Waals surface area contributed by atoms with Crippen LogP contribution in [0.15, 0.2) is 49.0 Å². The average molecular weight is 348 g/mol. The summed E-state index contributed by atoms with van der Waals surface area (Å²) in [6.45, 7) is 10.7. The summed E-state index contributed by atoms with van der Waals surface area (Å²) in [6.07, 6.45) is 0.835. The van der Waals surface area contributed by atoms with E-state index in [1.165, 1.54) is 39.9 Å². The van der Waals surface area contributed by atoms with Crippen molar-refractivity contribution in [3.05, 3.63) is 77.2 Å². The third-order valence-electron chi connectivity index (χ3n) is 5.57. The zero-order valence-electron chi connectivity index (χ0n) is 15.7. The van der Waals surface area contributed by atoms with Crippen molar-refractivity contribution in [2.75, 3.05) is 13.6 Å². The van der Waals surface area contributed by atoms with Gasteiger partial charge in [0.15, 0.2) is 0 Å². The van der Waals surface area contributed by atoms with E-state index in [2.05, 4.69) is 55.6 Å². The van der Waals surface area contributed by atoms with Crippen LogP contribution in [-0.2, 0) is 12.0 Å². The van der Waals surface area contributed by atoms with Gasteiger partial charge in [-0.15, -0.1) is 0 Å². The molecule has 134 valence electrons. The second-order valence-electron chi connectivity index (χ2n) is 8.05. The smallest absolute Gasteiger partial charge is 0.123 e. The zero-order chi connectivity index (χ0) is 18.5. The molecular weight excluding hydrogens is 323 g/mol. The molecule has 0 radical (unpaired) electrons. The van der Waals surface area contributed by atoms with E-state index in [1.807, 2.05) is 12.1 Å². The van der Waals surface area contributed by atoms with Gasteiger partial charge in [-0.1, -0.05) is 37.3 Å². The lowest BCUT2D eigenvalue weighted by Crippen LogP contribution is -2.42. The standard InChI is InChI=1S/C23H25FN2/c1-15-5-10-21-19(11-15)20-13-26(4)14-23(3,22(20)25-21)12-16(2)17-6-8-18(24)9-7-17/h5-11,25H,2,12-14H2,1,3-4H3. The fraction of sp³-hybridized carbons (Fsp3) is 0.304. The first kappa shape index (κ1) is 17.0. The number of hydrogen-bond acceptors (Lipinski definition) is 1. The van der Waals surface area contributed by atoms with Crippen LogP contribution in [0.25, 0.3) is 16.5 Å². The highest BCUT2D eigenvalue weighted by atomic mass is 19.1. The van der Waals surface area contributed by atoms with Crippen LogP contribution >= 0.6 is 0 Å². The highest BCUT2D eigenvalue weighted by Crippen LogP contribution is 2.42. The molecule has 2 nitrogen and oxygen atoms in total. The number of halogens is 1. The van der Waals surface area contributed by atoms with Gasteiger partial charge < -0.3 is 9.88 Å². The Labute approximate surface area is 154 Å². The van der Waals surface area contributed by atoms with Gasteiger partial charge in [0, 0.05) is 35.1 Å². The van der Waals surface area contributed by atoms with Gasteiger partial charge in [0.1, 0.15) is 5.82 Å². The van der Waals surface area contributed by atoms with Crippen molar-refractivity contribution < 1.29 is 4.39 Å². The molecule has 4 rings (SSSR count). The molecule has 1 unspecified atom stereocenters. The number of rotatable bonds is 3. The van der Waals surface area contributed by atoms with E-state index in [9.17, 15) is 4.39 Å². The van der Waals surface area contributed by atoms with E-state index in [-0.39, 0.29) is 11.2 Å². The molecule has 1 aromatic heterocycles. The normalized spacial score (nSPS) is 20.3.